The number of amides is 1. The van der Waals surface area contributed by atoms with E-state index in [1.807, 2.05) is 18.3 Å². The molecule has 0 unspecified atom stereocenters. The number of hydrogen-bond acceptors (Lipinski definition) is 1. The van der Waals surface area contributed by atoms with Crippen molar-refractivity contribution in [2.75, 3.05) is 6.54 Å². The van der Waals surface area contributed by atoms with Gasteiger partial charge >= 0.3 is 0 Å². The molecular weight excluding hydrogens is 211 g/mol. The van der Waals surface area contributed by atoms with E-state index in [9.17, 15) is 4.79 Å². The topological polar surface area (TPSA) is 44.9 Å². The van der Waals surface area contributed by atoms with Gasteiger partial charge in [-0.05, 0) is 18.1 Å². The summed E-state index contributed by atoms with van der Waals surface area (Å²) in [6, 6.07) is 8.18. The molecule has 1 radical (unpaired) electrons. The number of hydrogen-bond donors (Lipinski definition) is 2. The number of aromatic amines is 1. The summed E-state index contributed by atoms with van der Waals surface area (Å²) in [7, 11) is 0. The van der Waals surface area contributed by atoms with Gasteiger partial charge < -0.3 is 10.3 Å². The van der Waals surface area contributed by atoms with Crippen LogP contribution < -0.4 is 5.32 Å². The number of carbonyl (C=O) groups excluding carboxylic acids is 1. The molecule has 3 nitrogen and oxygen atoms in total. The van der Waals surface area contributed by atoms with Gasteiger partial charge in [-0.15, -0.1) is 0 Å². The minimum atomic E-state index is 0. The summed E-state index contributed by atoms with van der Waals surface area (Å²) >= 11 is 0. The number of rotatable bonds is 3. The summed E-state index contributed by atoms with van der Waals surface area (Å²) in [4.78, 5) is 13.9. The largest absolute Gasteiger partial charge is 0.361 e. The van der Waals surface area contributed by atoms with Crippen molar-refractivity contribution in [3.8, 4) is 0 Å². The molecule has 16 heavy (non-hydrogen) atoms. The third kappa shape index (κ3) is 3.11. The molecule has 0 bridgehead atoms. The van der Waals surface area contributed by atoms with Crippen molar-refractivity contribution in [1.29, 1.82) is 0 Å². The van der Waals surface area contributed by atoms with Crippen LogP contribution in [0, 0.1) is 0 Å². The molecule has 1 heterocycles. The molecule has 0 aliphatic heterocycles. The van der Waals surface area contributed by atoms with E-state index in [-0.39, 0.29) is 35.5 Å². The predicted molar refractivity (Wildman–Crippen MR) is 66.4 cm³/mol. The van der Waals surface area contributed by atoms with E-state index in [2.05, 4.69) is 22.4 Å². The van der Waals surface area contributed by atoms with Crippen LogP contribution in [-0.2, 0) is 11.2 Å². The zero-order valence-corrected chi connectivity index (χ0v) is 11.7. The van der Waals surface area contributed by atoms with Crippen molar-refractivity contribution < 1.29 is 4.79 Å². The Labute approximate surface area is 117 Å². The van der Waals surface area contributed by atoms with Gasteiger partial charge in [0.05, 0.1) is 0 Å². The zero-order valence-electron chi connectivity index (χ0n) is 9.71. The van der Waals surface area contributed by atoms with E-state index in [0.717, 1.165) is 11.9 Å². The van der Waals surface area contributed by atoms with Crippen molar-refractivity contribution in [3.05, 3.63) is 36.0 Å². The first kappa shape index (κ1) is 13.3. The normalized spacial score (nSPS) is 9.81. The van der Waals surface area contributed by atoms with Gasteiger partial charge in [-0.25, -0.2) is 0 Å². The van der Waals surface area contributed by atoms with Gasteiger partial charge in [-0.1, -0.05) is 18.2 Å². The number of fused-ring (bicyclic) bond motifs is 1. The number of nitrogens with one attached hydrogen (secondary N) is 2. The second-order valence-corrected chi connectivity index (χ2v) is 3.59. The molecule has 1 aromatic carbocycles. The van der Waals surface area contributed by atoms with Crippen molar-refractivity contribution >= 4 is 46.4 Å². The van der Waals surface area contributed by atoms with Crippen LogP contribution in [-0.4, -0.2) is 47.0 Å². The van der Waals surface area contributed by atoms with E-state index in [0.29, 0.717) is 6.54 Å². The van der Waals surface area contributed by atoms with Gasteiger partial charge in [-0.3, -0.25) is 4.79 Å². The summed E-state index contributed by atoms with van der Waals surface area (Å²) < 4.78 is 0. The van der Waals surface area contributed by atoms with Crippen molar-refractivity contribution in [2.24, 2.45) is 0 Å². The Morgan fingerprint density at radius 1 is 1.38 bits per heavy atom. The van der Waals surface area contributed by atoms with Crippen LogP contribution >= 0.6 is 0 Å². The molecule has 0 atom stereocenters. The molecule has 79 valence electrons. The molecule has 2 aromatic rings. The molecule has 1 aromatic heterocycles. The predicted octanol–water partition coefficient (Wildman–Crippen LogP) is 1.47. The van der Waals surface area contributed by atoms with Crippen LogP contribution in [0.2, 0.25) is 0 Å². The van der Waals surface area contributed by atoms with Crippen molar-refractivity contribution in [2.45, 2.75) is 13.3 Å². The standard InChI is InChI=1S/C12H14N2O.Na/c1-9(15)13-7-6-10-8-14-12-5-3-2-4-11(10)12;/h2-5,8,14H,6-7H2,1H3,(H,13,15);. The van der Waals surface area contributed by atoms with Crippen molar-refractivity contribution in [3.63, 3.8) is 0 Å². The minimum Gasteiger partial charge on any atom is -0.361 e. The van der Waals surface area contributed by atoms with Gasteiger partial charge in [0.25, 0.3) is 0 Å². The minimum absolute atomic E-state index is 0. The van der Waals surface area contributed by atoms with Crippen LogP contribution in [0.4, 0.5) is 0 Å². The molecule has 1 amide bonds. The maximum Gasteiger partial charge on any atom is 0.216 e. The Morgan fingerprint density at radius 2 is 2.12 bits per heavy atom. The number of aromatic nitrogens is 1. The van der Waals surface area contributed by atoms with Crippen LogP contribution in [0.15, 0.2) is 30.5 Å². The van der Waals surface area contributed by atoms with E-state index in [4.69, 9.17) is 0 Å². The molecule has 0 saturated carbocycles. The molecule has 0 fully saturated rings. The fourth-order valence-electron chi connectivity index (χ4n) is 1.71. The monoisotopic (exact) mass is 225 g/mol. The molecule has 0 saturated heterocycles. The number of H-pyrrole nitrogens is 1. The van der Waals surface area contributed by atoms with Gasteiger partial charge in [0.1, 0.15) is 0 Å². The summed E-state index contributed by atoms with van der Waals surface area (Å²) in [5.41, 5.74) is 2.40. The number of carbonyl (C=O) groups is 1. The Morgan fingerprint density at radius 3 is 2.88 bits per heavy atom. The molecule has 0 aliphatic carbocycles. The molecule has 2 rings (SSSR count). The Hall–Kier alpha value is -0.770. The molecular formula is C12H14N2NaO. The average Bonchev–Trinajstić information content (AvgIpc) is 2.62. The van der Waals surface area contributed by atoms with Gasteiger partial charge in [0, 0.05) is 60.1 Å². The summed E-state index contributed by atoms with van der Waals surface area (Å²) in [5, 5.41) is 4.03. The molecule has 4 heteroatoms. The second kappa shape index (κ2) is 6.09. The van der Waals surface area contributed by atoms with E-state index in [1.165, 1.54) is 17.9 Å². The summed E-state index contributed by atoms with van der Waals surface area (Å²) in [6.45, 7) is 2.23. The maximum absolute atomic E-state index is 10.7. The van der Waals surface area contributed by atoms with Gasteiger partial charge in [0.2, 0.25) is 5.91 Å². The molecule has 2 N–H and O–H groups in total. The Balaban J connectivity index is 0.00000128. The second-order valence-electron chi connectivity index (χ2n) is 3.59. The third-order valence-corrected chi connectivity index (χ3v) is 2.44. The average molecular weight is 225 g/mol. The number of benzene rings is 1. The smallest absolute Gasteiger partial charge is 0.216 e. The van der Waals surface area contributed by atoms with Crippen LogP contribution in [0.1, 0.15) is 12.5 Å². The Bertz CT molecular complexity index is 479. The van der Waals surface area contributed by atoms with Crippen molar-refractivity contribution in [1.82, 2.24) is 10.3 Å². The van der Waals surface area contributed by atoms with Crippen LogP contribution in [0.25, 0.3) is 10.9 Å². The van der Waals surface area contributed by atoms with E-state index >= 15 is 0 Å². The third-order valence-electron chi connectivity index (χ3n) is 2.44. The summed E-state index contributed by atoms with van der Waals surface area (Å²) in [6.07, 6.45) is 2.87. The first-order valence-corrected chi connectivity index (χ1v) is 5.07. The van der Waals surface area contributed by atoms with E-state index in [1.54, 1.807) is 0 Å². The quantitative estimate of drug-likeness (QED) is 0.763. The fourth-order valence-corrected chi connectivity index (χ4v) is 1.71. The van der Waals surface area contributed by atoms with E-state index < -0.39 is 0 Å². The molecule has 0 spiro atoms. The Kier molecular flexibility index (Phi) is 5.06. The van der Waals surface area contributed by atoms with Crippen LogP contribution in [0.5, 0.6) is 0 Å². The van der Waals surface area contributed by atoms with Crippen LogP contribution in [0.3, 0.4) is 0 Å². The fraction of sp³-hybridized carbons (Fsp3) is 0.250. The van der Waals surface area contributed by atoms with Gasteiger partial charge in [-0.2, -0.15) is 0 Å². The van der Waals surface area contributed by atoms with Gasteiger partial charge in [0.15, 0.2) is 0 Å². The maximum atomic E-state index is 10.7. The zero-order chi connectivity index (χ0) is 10.7. The summed E-state index contributed by atoms with van der Waals surface area (Å²) in [5.74, 6) is 0.0230. The first-order valence-electron chi connectivity index (χ1n) is 5.07. The number of para-hydroxylation sites is 1. The SMILES string of the molecule is CC(=O)NCCc1c[nH]c2ccccc12.[Na]. The first-order chi connectivity index (χ1) is 7.27. The molecule has 0 aliphatic rings.